The summed E-state index contributed by atoms with van der Waals surface area (Å²) in [4.78, 5) is 0.345. The third-order valence-corrected chi connectivity index (χ3v) is 6.14. The highest BCUT2D eigenvalue weighted by molar-refractivity contribution is 14.1. The smallest absolute Gasteiger partial charge is 0.243 e. The predicted octanol–water partition coefficient (Wildman–Crippen LogP) is 2.22. The Morgan fingerprint density at radius 3 is 2.58 bits per heavy atom. The monoisotopic (exact) mass is 395 g/mol. The number of piperidine rings is 1. The van der Waals surface area contributed by atoms with Crippen LogP contribution in [0.5, 0.6) is 0 Å². The van der Waals surface area contributed by atoms with Gasteiger partial charge in [-0.05, 0) is 66.1 Å². The Morgan fingerprint density at radius 2 is 1.95 bits per heavy atom. The lowest BCUT2D eigenvalue weighted by atomic mass is 10.0. The zero-order valence-electron chi connectivity index (χ0n) is 10.6. The van der Waals surface area contributed by atoms with E-state index in [-0.39, 0.29) is 12.6 Å². The van der Waals surface area contributed by atoms with Gasteiger partial charge in [0.15, 0.2) is 0 Å². The van der Waals surface area contributed by atoms with Gasteiger partial charge < -0.3 is 5.11 Å². The molecule has 0 aliphatic carbocycles. The SMILES string of the molecule is O=S(=O)(c1ccc(I)cc1)N1CCCCC1CCO. The van der Waals surface area contributed by atoms with Crippen molar-refractivity contribution in [3.8, 4) is 0 Å². The van der Waals surface area contributed by atoms with Crippen LogP contribution in [0.1, 0.15) is 25.7 Å². The van der Waals surface area contributed by atoms with E-state index in [2.05, 4.69) is 22.6 Å². The van der Waals surface area contributed by atoms with E-state index in [0.717, 1.165) is 22.8 Å². The van der Waals surface area contributed by atoms with Gasteiger partial charge in [0.2, 0.25) is 10.0 Å². The quantitative estimate of drug-likeness (QED) is 0.796. The van der Waals surface area contributed by atoms with E-state index in [1.54, 1.807) is 28.6 Å². The van der Waals surface area contributed by atoms with Gasteiger partial charge in [0, 0.05) is 22.8 Å². The van der Waals surface area contributed by atoms with Gasteiger partial charge in [-0.3, -0.25) is 0 Å². The van der Waals surface area contributed by atoms with Gasteiger partial charge in [0.25, 0.3) is 0 Å². The molecule has 1 heterocycles. The number of nitrogens with zero attached hydrogens (tertiary/aromatic N) is 1. The largest absolute Gasteiger partial charge is 0.396 e. The summed E-state index contributed by atoms with van der Waals surface area (Å²) in [6.45, 7) is 0.586. The number of rotatable bonds is 4. The number of halogens is 1. The fraction of sp³-hybridized carbons (Fsp3) is 0.538. The van der Waals surface area contributed by atoms with E-state index >= 15 is 0 Å². The van der Waals surface area contributed by atoms with Crippen molar-refractivity contribution in [2.45, 2.75) is 36.6 Å². The zero-order chi connectivity index (χ0) is 13.9. The van der Waals surface area contributed by atoms with Crippen molar-refractivity contribution >= 4 is 32.6 Å². The molecule has 2 rings (SSSR count). The first kappa shape index (κ1) is 15.2. The normalized spacial score (nSPS) is 21.5. The van der Waals surface area contributed by atoms with Crippen molar-refractivity contribution < 1.29 is 13.5 Å². The van der Waals surface area contributed by atoms with Crippen LogP contribution in [0.25, 0.3) is 0 Å². The molecule has 106 valence electrons. The Labute approximate surface area is 128 Å². The molecule has 1 unspecified atom stereocenters. The molecule has 4 nitrogen and oxygen atoms in total. The van der Waals surface area contributed by atoms with E-state index in [1.807, 2.05) is 0 Å². The van der Waals surface area contributed by atoms with Crippen molar-refractivity contribution in [2.75, 3.05) is 13.2 Å². The van der Waals surface area contributed by atoms with Gasteiger partial charge in [0.05, 0.1) is 4.90 Å². The molecular weight excluding hydrogens is 377 g/mol. The molecule has 1 aliphatic heterocycles. The summed E-state index contributed by atoms with van der Waals surface area (Å²) in [5.41, 5.74) is 0. The topological polar surface area (TPSA) is 57.6 Å². The van der Waals surface area contributed by atoms with Gasteiger partial charge >= 0.3 is 0 Å². The average molecular weight is 395 g/mol. The number of hydrogen-bond donors (Lipinski definition) is 1. The number of sulfonamides is 1. The molecule has 6 heteroatoms. The molecule has 1 fully saturated rings. The second kappa shape index (κ2) is 6.51. The van der Waals surface area contributed by atoms with Crippen molar-refractivity contribution in [2.24, 2.45) is 0 Å². The van der Waals surface area contributed by atoms with Crippen molar-refractivity contribution in [1.82, 2.24) is 4.31 Å². The summed E-state index contributed by atoms with van der Waals surface area (Å²) in [5.74, 6) is 0. The molecule has 0 radical (unpaired) electrons. The second-order valence-corrected chi connectivity index (χ2v) is 7.87. The standard InChI is InChI=1S/C13H18INO3S/c14-11-4-6-13(7-5-11)19(17,18)15-9-2-1-3-12(15)8-10-16/h4-7,12,16H,1-3,8-10H2. The molecule has 1 saturated heterocycles. The highest BCUT2D eigenvalue weighted by Crippen LogP contribution is 2.27. The van der Waals surface area contributed by atoms with Crippen LogP contribution in [0.2, 0.25) is 0 Å². The minimum Gasteiger partial charge on any atom is -0.396 e. The molecule has 0 aromatic heterocycles. The molecule has 1 aromatic carbocycles. The van der Waals surface area contributed by atoms with Crippen LogP contribution < -0.4 is 0 Å². The molecule has 1 atom stereocenters. The minimum atomic E-state index is -3.43. The Balaban J connectivity index is 2.28. The third kappa shape index (κ3) is 3.48. The Morgan fingerprint density at radius 1 is 1.26 bits per heavy atom. The lowest BCUT2D eigenvalue weighted by Gasteiger charge is -2.34. The molecule has 1 aliphatic rings. The van der Waals surface area contributed by atoms with E-state index in [0.29, 0.717) is 17.9 Å². The summed E-state index contributed by atoms with van der Waals surface area (Å²) in [6.07, 6.45) is 3.28. The van der Waals surface area contributed by atoms with Gasteiger partial charge in [-0.25, -0.2) is 8.42 Å². The van der Waals surface area contributed by atoms with E-state index in [9.17, 15) is 8.42 Å². The fourth-order valence-electron chi connectivity index (χ4n) is 2.47. The number of aliphatic hydroxyl groups excluding tert-OH is 1. The molecule has 1 N–H and O–H groups in total. The Kier molecular flexibility index (Phi) is 5.22. The van der Waals surface area contributed by atoms with E-state index in [1.165, 1.54) is 0 Å². The van der Waals surface area contributed by atoms with Crippen LogP contribution in [0, 0.1) is 3.57 Å². The maximum absolute atomic E-state index is 12.6. The zero-order valence-corrected chi connectivity index (χ0v) is 13.6. The van der Waals surface area contributed by atoms with Crippen LogP contribution in [0.4, 0.5) is 0 Å². The van der Waals surface area contributed by atoms with Crippen LogP contribution in [-0.2, 0) is 10.0 Å². The molecule has 0 spiro atoms. The molecule has 0 amide bonds. The summed E-state index contributed by atoms with van der Waals surface area (Å²) >= 11 is 2.16. The summed E-state index contributed by atoms with van der Waals surface area (Å²) < 4.78 is 27.8. The van der Waals surface area contributed by atoms with Gasteiger partial charge in [-0.2, -0.15) is 4.31 Å². The van der Waals surface area contributed by atoms with Crippen LogP contribution in [0.3, 0.4) is 0 Å². The van der Waals surface area contributed by atoms with Crippen molar-refractivity contribution in [3.05, 3.63) is 27.8 Å². The first-order valence-corrected chi connectivity index (χ1v) is 8.96. The number of benzene rings is 1. The summed E-state index contributed by atoms with van der Waals surface area (Å²) in [6, 6.07) is 6.85. The van der Waals surface area contributed by atoms with Crippen LogP contribution in [-0.4, -0.2) is 37.0 Å². The molecule has 0 saturated carbocycles. The van der Waals surface area contributed by atoms with Crippen molar-refractivity contribution in [3.63, 3.8) is 0 Å². The lowest BCUT2D eigenvalue weighted by molar-refractivity contribution is 0.192. The molecule has 19 heavy (non-hydrogen) atoms. The molecule has 0 bridgehead atoms. The summed E-state index contributed by atoms with van der Waals surface area (Å²) in [5, 5.41) is 9.09. The first-order valence-electron chi connectivity index (χ1n) is 6.44. The number of hydrogen-bond acceptors (Lipinski definition) is 3. The number of aliphatic hydroxyl groups is 1. The first-order chi connectivity index (χ1) is 9.05. The average Bonchev–Trinajstić information content (AvgIpc) is 2.40. The van der Waals surface area contributed by atoms with Crippen molar-refractivity contribution in [1.29, 1.82) is 0 Å². The lowest BCUT2D eigenvalue weighted by Crippen LogP contribution is -2.44. The Hall–Kier alpha value is -0.180. The maximum atomic E-state index is 12.6. The molecular formula is C13H18INO3S. The van der Waals surface area contributed by atoms with Gasteiger partial charge in [0.1, 0.15) is 0 Å². The van der Waals surface area contributed by atoms with E-state index < -0.39 is 10.0 Å². The molecule has 1 aromatic rings. The summed E-state index contributed by atoms with van der Waals surface area (Å²) in [7, 11) is -3.43. The highest BCUT2D eigenvalue weighted by Gasteiger charge is 2.32. The van der Waals surface area contributed by atoms with Gasteiger partial charge in [-0.15, -0.1) is 0 Å². The van der Waals surface area contributed by atoms with Crippen LogP contribution in [0.15, 0.2) is 29.2 Å². The van der Waals surface area contributed by atoms with Crippen LogP contribution >= 0.6 is 22.6 Å². The minimum absolute atomic E-state index is 0.0311. The third-order valence-electron chi connectivity index (χ3n) is 3.46. The fourth-order valence-corrected chi connectivity index (χ4v) is 4.55. The van der Waals surface area contributed by atoms with Gasteiger partial charge in [-0.1, -0.05) is 6.42 Å². The Bertz CT molecular complexity index is 513. The predicted molar refractivity (Wildman–Crippen MR) is 82.4 cm³/mol. The van der Waals surface area contributed by atoms with E-state index in [4.69, 9.17) is 5.11 Å². The second-order valence-electron chi connectivity index (χ2n) is 4.73. The highest BCUT2D eigenvalue weighted by atomic mass is 127. The maximum Gasteiger partial charge on any atom is 0.243 e.